The number of carbonyl (C=O) groups is 2. The highest BCUT2D eigenvalue weighted by molar-refractivity contribution is 5.87. The van der Waals surface area contributed by atoms with E-state index in [1.54, 1.807) is 11.1 Å². The molecule has 5 aliphatic rings. The van der Waals surface area contributed by atoms with Gasteiger partial charge in [-0.25, -0.2) is 0 Å². The molecule has 2 fully saturated rings. The topological polar surface area (TPSA) is 34.1 Å². The van der Waals surface area contributed by atoms with Gasteiger partial charge < -0.3 is 0 Å². The van der Waals surface area contributed by atoms with Gasteiger partial charge in [-0.3, -0.25) is 9.59 Å². The van der Waals surface area contributed by atoms with E-state index in [0.29, 0.717) is 47.6 Å². The first-order valence-corrected chi connectivity index (χ1v) is 11.0. The highest BCUT2D eigenvalue weighted by Gasteiger charge is 2.59. The van der Waals surface area contributed by atoms with E-state index in [4.69, 9.17) is 0 Å². The van der Waals surface area contributed by atoms with Gasteiger partial charge in [0.2, 0.25) is 0 Å². The Kier molecular flexibility index (Phi) is 3.85. The van der Waals surface area contributed by atoms with E-state index in [1.807, 2.05) is 0 Å². The van der Waals surface area contributed by atoms with Crippen LogP contribution < -0.4 is 0 Å². The maximum atomic E-state index is 13.2. The van der Waals surface area contributed by atoms with E-state index in [0.717, 1.165) is 44.9 Å². The number of fused-ring (bicyclic) bond motifs is 4. The summed E-state index contributed by atoms with van der Waals surface area (Å²) in [5.74, 6) is 3.64. The first-order chi connectivity index (χ1) is 12.5. The van der Waals surface area contributed by atoms with E-state index in [2.05, 4.69) is 19.9 Å². The molecule has 0 aromatic carbocycles. The molecule has 0 radical (unpaired) electrons. The summed E-state index contributed by atoms with van der Waals surface area (Å²) in [6.07, 6.45) is 13.0. The molecule has 0 aromatic rings. The maximum absolute atomic E-state index is 13.2. The zero-order chi connectivity index (χ0) is 18.1. The Labute approximate surface area is 157 Å². The SMILES string of the molecule is CC[C@@H]1C[C@H]2[C@@H]3CCC4=C(CCC(=O)C4)C3=CC[C@]2(C)[C@H]1C(=O)C1CC1. The molecule has 0 unspecified atom stereocenters. The van der Waals surface area contributed by atoms with Gasteiger partial charge in [0.1, 0.15) is 11.6 Å². The third-order valence-electron chi connectivity index (χ3n) is 8.64. The molecule has 5 rings (SSSR count). The molecule has 0 bridgehead atoms. The van der Waals surface area contributed by atoms with Gasteiger partial charge in [-0.05, 0) is 79.3 Å². The Balaban J connectivity index is 1.51. The molecule has 26 heavy (non-hydrogen) atoms. The highest BCUT2D eigenvalue weighted by Crippen LogP contribution is 2.64. The number of carbonyl (C=O) groups excluding carboxylic acids is 2. The molecule has 0 saturated heterocycles. The summed E-state index contributed by atoms with van der Waals surface area (Å²) in [6, 6.07) is 0. The van der Waals surface area contributed by atoms with Gasteiger partial charge in [-0.2, -0.15) is 0 Å². The number of rotatable bonds is 3. The highest BCUT2D eigenvalue weighted by atomic mass is 16.1. The quantitative estimate of drug-likeness (QED) is 0.679. The van der Waals surface area contributed by atoms with Crippen molar-refractivity contribution >= 4 is 11.6 Å². The Morgan fingerprint density at radius 3 is 2.73 bits per heavy atom. The minimum Gasteiger partial charge on any atom is -0.299 e. The van der Waals surface area contributed by atoms with Crippen LogP contribution in [-0.2, 0) is 9.59 Å². The Morgan fingerprint density at radius 1 is 1.19 bits per heavy atom. The molecule has 140 valence electrons. The van der Waals surface area contributed by atoms with E-state index in [9.17, 15) is 9.59 Å². The van der Waals surface area contributed by atoms with Crippen LogP contribution in [0.5, 0.6) is 0 Å². The van der Waals surface area contributed by atoms with E-state index in [1.165, 1.54) is 18.4 Å². The lowest BCUT2D eigenvalue weighted by atomic mass is 9.56. The lowest BCUT2D eigenvalue weighted by Crippen LogP contribution is -2.42. The predicted octanol–water partition coefficient (Wildman–Crippen LogP) is 5.42. The van der Waals surface area contributed by atoms with Crippen LogP contribution in [0, 0.1) is 35.0 Å². The molecular formula is C24H32O2. The molecular weight excluding hydrogens is 320 g/mol. The average molecular weight is 353 g/mol. The number of hydrogen-bond donors (Lipinski definition) is 0. The second-order valence-electron chi connectivity index (χ2n) is 9.98. The van der Waals surface area contributed by atoms with Crippen molar-refractivity contribution in [2.24, 2.45) is 35.0 Å². The van der Waals surface area contributed by atoms with Gasteiger partial charge >= 0.3 is 0 Å². The lowest BCUT2D eigenvalue weighted by Gasteiger charge is -2.47. The van der Waals surface area contributed by atoms with Crippen molar-refractivity contribution < 1.29 is 9.59 Å². The first kappa shape index (κ1) is 17.0. The largest absolute Gasteiger partial charge is 0.299 e. The van der Waals surface area contributed by atoms with E-state index >= 15 is 0 Å². The average Bonchev–Trinajstić information content (AvgIpc) is 3.43. The smallest absolute Gasteiger partial charge is 0.139 e. The van der Waals surface area contributed by atoms with Gasteiger partial charge in [0, 0.05) is 24.7 Å². The van der Waals surface area contributed by atoms with Crippen molar-refractivity contribution in [3.05, 3.63) is 22.8 Å². The van der Waals surface area contributed by atoms with Gasteiger partial charge in [-0.1, -0.05) is 31.9 Å². The van der Waals surface area contributed by atoms with Gasteiger partial charge in [0.15, 0.2) is 0 Å². The van der Waals surface area contributed by atoms with Gasteiger partial charge in [0.05, 0.1) is 0 Å². The zero-order valence-electron chi connectivity index (χ0n) is 16.4. The van der Waals surface area contributed by atoms with E-state index < -0.39 is 0 Å². The zero-order valence-corrected chi connectivity index (χ0v) is 16.4. The molecule has 0 aliphatic heterocycles. The Bertz CT molecular complexity index is 722. The molecule has 0 heterocycles. The van der Waals surface area contributed by atoms with Crippen LogP contribution in [0.15, 0.2) is 22.8 Å². The fraction of sp³-hybridized carbons (Fsp3) is 0.750. The van der Waals surface area contributed by atoms with Crippen molar-refractivity contribution in [2.75, 3.05) is 0 Å². The molecule has 0 spiro atoms. The second kappa shape index (κ2) is 5.91. The van der Waals surface area contributed by atoms with Crippen LogP contribution in [0.4, 0.5) is 0 Å². The van der Waals surface area contributed by atoms with Gasteiger partial charge in [-0.15, -0.1) is 0 Å². The van der Waals surface area contributed by atoms with Crippen molar-refractivity contribution in [1.29, 1.82) is 0 Å². The Morgan fingerprint density at radius 2 is 2.00 bits per heavy atom. The first-order valence-electron chi connectivity index (χ1n) is 11.0. The molecule has 5 aliphatic carbocycles. The Hall–Kier alpha value is -1.18. The molecule has 0 aromatic heterocycles. The van der Waals surface area contributed by atoms with Crippen LogP contribution in [0.3, 0.4) is 0 Å². The van der Waals surface area contributed by atoms with E-state index in [-0.39, 0.29) is 5.41 Å². The van der Waals surface area contributed by atoms with Crippen LogP contribution >= 0.6 is 0 Å². The summed E-state index contributed by atoms with van der Waals surface area (Å²) in [6.45, 7) is 4.74. The second-order valence-corrected chi connectivity index (χ2v) is 9.98. The molecule has 2 saturated carbocycles. The van der Waals surface area contributed by atoms with Crippen molar-refractivity contribution in [3.63, 3.8) is 0 Å². The molecule has 2 nitrogen and oxygen atoms in total. The summed E-state index contributed by atoms with van der Waals surface area (Å²) in [5.41, 5.74) is 4.77. The third kappa shape index (κ3) is 2.36. The third-order valence-corrected chi connectivity index (χ3v) is 8.64. The lowest BCUT2D eigenvalue weighted by molar-refractivity contribution is -0.129. The van der Waals surface area contributed by atoms with Crippen molar-refractivity contribution in [1.82, 2.24) is 0 Å². The number of ketones is 2. The monoisotopic (exact) mass is 352 g/mol. The molecule has 0 N–H and O–H groups in total. The minimum atomic E-state index is 0.178. The maximum Gasteiger partial charge on any atom is 0.139 e. The van der Waals surface area contributed by atoms with Crippen LogP contribution in [0.2, 0.25) is 0 Å². The summed E-state index contributed by atoms with van der Waals surface area (Å²) in [4.78, 5) is 25.1. The molecule has 2 heteroatoms. The van der Waals surface area contributed by atoms with Crippen LogP contribution in [0.1, 0.15) is 78.1 Å². The van der Waals surface area contributed by atoms with Crippen molar-refractivity contribution in [2.45, 2.75) is 78.1 Å². The fourth-order valence-electron chi connectivity index (χ4n) is 7.18. The normalized spacial score (nSPS) is 42.1. The summed E-state index contributed by atoms with van der Waals surface area (Å²) >= 11 is 0. The molecule has 0 amide bonds. The summed E-state index contributed by atoms with van der Waals surface area (Å²) in [5, 5.41) is 0. The number of Topliss-reactive ketones (excluding diaryl/α,β-unsaturated/α-hetero) is 2. The molecule has 5 atom stereocenters. The van der Waals surface area contributed by atoms with Crippen molar-refractivity contribution in [3.8, 4) is 0 Å². The number of hydrogen-bond acceptors (Lipinski definition) is 2. The van der Waals surface area contributed by atoms with Gasteiger partial charge in [0.25, 0.3) is 0 Å². The van der Waals surface area contributed by atoms with Crippen LogP contribution in [0.25, 0.3) is 0 Å². The summed E-state index contributed by atoms with van der Waals surface area (Å²) in [7, 11) is 0. The fourth-order valence-corrected chi connectivity index (χ4v) is 7.18. The minimum absolute atomic E-state index is 0.178. The number of allylic oxidation sites excluding steroid dienone is 4. The predicted molar refractivity (Wildman–Crippen MR) is 103 cm³/mol. The van der Waals surface area contributed by atoms with Crippen LogP contribution in [-0.4, -0.2) is 11.6 Å². The standard InChI is InChI=1S/C24H32O2/c1-3-14-13-21-20-8-6-16-12-17(25)7-9-18(16)19(20)10-11-24(21,2)22(14)23(26)15-4-5-15/h10,14-15,20-22H,3-9,11-13H2,1-2H3/t14-,20-,21+,22-,24+/m1/s1. The summed E-state index contributed by atoms with van der Waals surface area (Å²) < 4.78 is 0.